The monoisotopic (exact) mass is 222 g/mol. The van der Waals surface area contributed by atoms with Gasteiger partial charge >= 0.3 is 0 Å². The van der Waals surface area contributed by atoms with Gasteiger partial charge in [0.25, 0.3) is 0 Å². The average molecular weight is 222 g/mol. The first-order chi connectivity index (χ1) is 7.81. The Morgan fingerprint density at radius 3 is 2.75 bits per heavy atom. The van der Waals surface area contributed by atoms with Crippen molar-refractivity contribution in [3.8, 4) is 11.1 Å². The van der Waals surface area contributed by atoms with Crippen LogP contribution in [0.2, 0.25) is 0 Å². The minimum atomic E-state index is -0.634. The van der Waals surface area contributed by atoms with Gasteiger partial charge in [0, 0.05) is 0 Å². The summed E-state index contributed by atoms with van der Waals surface area (Å²) >= 11 is 0. The largest absolute Gasteiger partial charge is 0.103 e. The van der Waals surface area contributed by atoms with Gasteiger partial charge in [0.2, 0.25) is 0 Å². The van der Waals surface area contributed by atoms with Crippen molar-refractivity contribution in [2.24, 2.45) is 0 Å². The van der Waals surface area contributed by atoms with Crippen molar-refractivity contribution in [2.75, 3.05) is 0 Å². The predicted molar refractivity (Wildman–Crippen MR) is 71.8 cm³/mol. The fourth-order valence-corrected chi connectivity index (χ4v) is 4.83. The van der Waals surface area contributed by atoms with Crippen LogP contribution in [0.25, 0.3) is 16.8 Å². The van der Waals surface area contributed by atoms with E-state index in [0.29, 0.717) is 0 Å². The number of hydrogen-bond acceptors (Lipinski definition) is 0. The molecule has 1 aliphatic rings. The Morgan fingerprint density at radius 1 is 1.12 bits per heavy atom. The number of rotatable bonds is 1. The van der Waals surface area contributed by atoms with Gasteiger partial charge in [-0.05, 0) is 35.2 Å². The zero-order valence-electron chi connectivity index (χ0n) is 9.46. The third-order valence-corrected chi connectivity index (χ3v) is 5.97. The molecule has 1 aromatic heterocycles. The van der Waals surface area contributed by atoms with Gasteiger partial charge < -0.3 is 0 Å². The Morgan fingerprint density at radius 2 is 1.94 bits per heavy atom. The van der Waals surface area contributed by atoms with Crippen LogP contribution in [0.4, 0.5) is 0 Å². The van der Waals surface area contributed by atoms with E-state index in [0.717, 1.165) is 6.42 Å². The highest BCUT2D eigenvalue weighted by atomic mass is 28.2. The highest BCUT2D eigenvalue weighted by molar-refractivity contribution is 6.71. The van der Waals surface area contributed by atoms with Crippen LogP contribution in [-0.4, -0.2) is 8.40 Å². The maximum absolute atomic E-state index is 4.01. The maximum Gasteiger partial charge on any atom is 0.0714 e. The summed E-state index contributed by atoms with van der Waals surface area (Å²) < 4.78 is 0. The lowest BCUT2D eigenvalue weighted by Gasteiger charge is -2.07. The number of fused-ring (bicyclic) bond motifs is 3. The summed E-state index contributed by atoms with van der Waals surface area (Å²) in [4.78, 5) is 0. The maximum atomic E-state index is 4.01. The normalized spacial score (nSPS) is 12.1. The lowest BCUT2D eigenvalue weighted by molar-refractivity contribution is 1.30. The molecule has 0 amide bonds. The first-order valence-electron chi connectivity index (χ1n) is 5.64. The van der Waals surface area contributed by atoms with Crippen molar-refractivity contribution in [1.82, 2.24) is 0 Å². The van der Waals surface area contributed by atoms with E-state index in [9.17, 15) is 0 Å². The van der Waals surface area contributed by atoms with Crippen molar-refractivity contribution in [2.45, 2.75) is 13.3 Å². The fourth-order valence-electron chi connectivity index (χ4n) is 2.64. The molecule has 2 aromatic rings. The molecule has 0 saturated carbocycles. The lowest BCUT2D eigenvalue weighted by Crippen LogP contribution is -2.03. The second kappa shape index (κ2) is 3.53. The van der Waals surface area contributed by atoms with E-state index < -0.39 is 8.40 Å². The Labute approximate surface area is 97.8 Å². The molecule has 0 fully saturated rings. The van der Waals surface area contributed by atoms with Crippen LogP contribution >= 0.6 is 0 Å². The Balaban J connectivity index is 2.32. The molecule has 0 saturated heterocycles. The van der Waals surface area contributed by atoms with E-state index in [-0.39, 0.29) is 0 Å². The molecule has 78 valence electrons. The quantitative estimate of drug-likeness (QED) is 0.551. The van der Waals surface area contributed by atoms with Crippen LogP contribution in [0.5, 0.6) is 0 Å². The summed E-state index contributed by atoms with van der Waals surface area (Å²) in [5, 5.41) is 3.13. The summed E-state index contributed by atoms with van der Waals surface area (Å²) in [5.74, 6) is 0. The highest BCUT2D eigenvalue weighted by Gasteiger charge is 2.20. The van der Waals surface area contributed by atoms with Crippen molar-refractivity contribution < 1.29 is 0 Å². The molecule has 0 bridgehead atoms. The highest BCUT2D eigenvalue weighted by Crippen LogP contribution is 2.36. The summed E-state index contributed by atoms with van der Waals surface area (Å²) in [7, 11) is -0.634. The molecule has 0 aliphatic heterocycles. The Bertz CT molecular complexity index is 582. The predicted octanol–water partition coefficient (Wildman–Crippen LogP) is 3.69. The lowest BCUT2D eigenvalue weighted by atomic mass is 10.1. The van der Waals surface area contributed by atoms with E-state index in [2.05, 4.69) is 55.6 Å². The molecule has 0 radical (unpaired) electrons. The molecule has 1 aliphatic carbocycles. The zero-order chi connectivity index (χ0) is 11.1. The van der Waals surface area contributed by atoms with Crippen LogP contribution in [-0.2, 0) is 6.42 Å². The van der Waals surface area contributed by atoms with E-state index in [1.807, 2.05) is 0 Å². The summed E-state index contributed by atoms with van der Waals surface area (Å²) in [6.07, 6.45) is 1.13. The molecule has 0 atom stereocenters. The molecule has 0 N–H and O–H groups in total. The van der Waals surface area contributed by atoms with Crippen molar-refractivity contribution in [3.05, 3.63) is 58.9 Å². The summed E-state index contributed by atoms with van der Waals surface area (Å²) in [5.41, 5.74) is 6.56. The molecule has 1 heterocycles. The van der Waals surface area contributed by atoms with Crippen LogP contribution in [0.1, 0.15) is 15.9 Å². The minimum Gasteiger partial charge on any atom is -0.103 e. The minimum absolute atomic E-state index is 0.634. The van der Waals surface area contributed by atoms with Gasteiger partial charge in [-0.15, -0.1) is 6.58 Å². The third kappa shape index (κ3) is 1.25. The fraction of sp³-hybridized carbons (Fsp3) is 0.133. The molecule has 16 heavy (non-hydrogen) atoms. The van der Waals surface area contributed by atoms with Gasteiger partial charge in [-0.3, -0.25) is 0 Å². The summed E-state index contributed by atoms with van der Waals surface area (Å²) in [6.45, 7) is 6.25. The van der Waals surface area contributed by atoms with Gasteiger partial charge in [-0.2, -0.15) is 0 Å². The molecule has 0 nitrogen and oxygen atoms in total. The van der Waals surface area contributed by atoms with Crippen molar-refractivity contribution in [3.63, 3.8) is 0 Å². The average Bonchev–Trinajstić information content (AvgIpc) is 2.67. The van der Waals surface area contributed by atoms with Crippen LogP contribution in [0.15, 0.2) is 43.0 Å². The standard InChI is InChI=1S/C15H14Si/c1-3-16-11(2)8-9-14-13-7-5-4-6-12(13)10-15(14)16/h3-9H,1,10H2,2H3. The number of hydrogen-bond donors (Lipinski definition) is 0. The van der Waals surface area contributed by atoms with Gasteiger partial charge in [-0.25, -0.2) is 0 Å². The smallest absolute Gasteiger partial charge is 0.0714 e. The third-order valence-electron chi connectivity index (χ3n) is 3.45. The van der Waals surface area contributed by atoms with E-state index >= 15 is 0 Å². The zero-order valence-corrected chi connectivity index (χ0v) is 10.5. The van der Waals surface area contributed by atoms with Gasteiger partial charge in [0.05, 0.1) is 8.40 Å². The van der Waals surface area contributed by atoms with E-state index in [4.69, 9.17) is 0 Å². The van der Waals surface area contributed by atoms with E-state index in [1.54, 1.807) is 5.17 Å². The molecule has 0 spiro atoms. The number of benzene rings is 1. The molecule has 3 rings (SSSR count). The van der Waals surface area contributed by atoms with Gasteiger partial charge in [0.1, 0.15) is 0 Å². The first kappa shape index (κ1) is 9.73. The Hall–Kier alpha value is -1.47. The topological polar surface area (TPSA) is 0 Å². The second-order valence-corrected chi connectivity index (χ2v) is 6.99. The SMILES string of the molecule is C=C[si]1c(C)ccc2c1Cc1ccccc1-2. The number of aryl methyl sites for hydroxylation is 1. The van der Waals surface area contributed by atoms with Gasteiger partial charge in [-0.1, -0.05) is 47.3 Å². The van der Waals surface area contributed by atoms with E-state index in [1.165, 1.54) is 21.9 Å². The first-order valence-corrected chi connectivity index (χ1v) is 7.22. The molecular weight excluding hydrogens is 208 g/mol. The van der Waals surface area contributed by atoms with Crippen LogP contribution in [0.3, 0.4) is 0 Å². The molecule has 1 aromatic carbocycles. The molecule has 0 unspecified atom stereocenters. The van der Waals surface area contributed by atoms with Crippen LogP contribution in [0, 0.1) is 6.92 Å². The van der Waals surface area contributed by atoms with Crippen molar-refractivity contribution in [1.29, 1.82) is 0 Å². The van der Waals surface area contributed by atoms with Gasteiger partial charge in [0.15, 0.2) is 0 Å². The van der Waals surface area contributed by atoms with Crippen LogP contribution < -0.4 is 0 Å². The molecular formula is C15H14Si. The van der Waals surface area contributed by atoms with Crippen molar-refractivity contribution >= 4 is 14.1 Å². The second-order valence-electron chi connectivity index (χ2n) is 4.36. The molecule has 1 heteroatoms. The Kier molecular flexibility index (Phi) is 2.15. The summed E-state index contributed by atoms with van der Waals surface area (Å²) in [6, 6.07) is 13.3.